The monoisotopic (exact) mass is 215 g/mol. The molecule has 5 nitrogen and oxygen atoms in total. The van der Waals surface area contributed by atoms with Crippen molar-refractivity contribution in [2.75, 3.05) is 0 Å². The molecule has 74 valence electrons. The molecule has 14 heavy (non-hydrogen) atoms. The van der Waals surface area contributed by atoms with E-state index >= 15 is 0 Å². The van der Waals surface area contributed by atoms with Crippen LogP contribution < -0.4 is 0 Å². The number of aromatic carboxylic acids is 1. The van der Waals surface area contributed by atoms with Crippen LogP contribution in [0.25, 0.3) is 0 Å². The number of carboxylic acids is 1. The summed E-state index contributed by atoms with van der Waals surface area (Å²) in [6.07, 6.45) is 0. The Labute approximate surface area is 84.1 Å². The Morgan fingerprint density at radius 1 is 1.57 bits per heavy atom. The molecule has 0 aliphatic rings. The van der Waals surface area contributed by atoms with Crippen molar-refractivity contribution in [1.29, 1.82) is 0 Å². The molecule has 0 atom stereocenters. The number of aryl methyl sites for hydroxylation is 1. The van der Waals surface area contributed by atoms with Gasteiger partial charge in [0.25, 0.3) is 5.69 Å². The Balaban J connectivity index is 3.39. The van der Waals surface area contributed by atoms with Crippen LogP contribution in [0.15, 0.2) is 12.1 Å². The highest BCUT2D eigenvalue weighted by molar-refractivity contribution is 6.33. The van der Waals surface area contributed by atoms with Crippen LogP contribution in [0.1, 0.15) is 15.9 Å². The van der Waals surface area contributed by atoms with E-state index in [1.807, 2.05) is 0 Å². The van der Waals surface area contributed by atoms with Gasteiger partial charge in [-0.2, -0.15) is 0 Å². The second-order valence-electron chi connectivity index (χ2n) is 2.68. The summed E-state index contributed by atoms with van der Waals surface area (Å²) in [6.45, 7) is 1.46. The number of carbonyl (C=O) groups is 1. The fourth-order valence-electron chi connectivity index (χ4n) is 1.10. The Kier molecular flexibility index (Phi) is 2.71. The van der Waals surface area contributed by atoms with Crippen LogP contribution in [0, 0.1) is 17.0 Å². The number of rotatable bonds is 2. The third-order valence-electron chi connectivity index (χ3n) is 1.70. The number of benzene rings is 1. The lowest BCUT2D eigenvalue weighted by atomic mass is 10.1. The van der Waals surface area contributed by atoms with Gasteiger partial charge in [0, 0.05) is 12.1 Å². The molecule has 0 radical (unpaired) electrons. The van der Waals surface area contributed by atoms with Crippen molar-refractivity contribution in [1.82, 2.24) is 0 Å². The van der Waals surface area contributed by atoms with Gasteiger partial charge in [0.1, 0.15) is 0 Å². The summed E-state index contributed by atoms with van der Waals surface area (Å²) in [7, 11) is 0. The van der Waals surface area contributed by atoms with Crippen LogP contribution in [0.4, 0.5) is 5.69 Å². The minimum absolute atomic E-state index is 0.0998. The average molecular weight is 216 g/mol. The van der Waals surface area contributed by atoms with Crippen molar-refractivity contribution >= 4 is 23.3 Å². The van der Waals surface area contributed by atoms with Crippen molar-refractivity contribution in [3.05, 3.63) is 38.4 Å². The molecule has 0 spiro atoms. The Bertz CT molecular complexity index is 393. The van der Waals surface area contributed by atoms with E-state index in [1.165, 1.54) is 13.0 Å². The maximum Gasteiger partial charge on any atom is 0.337 e. The molecule has 0 saturated heterocycles. The van der Waals surface area contributed by atoms with E-state index in [-0.39, 0.29) is 21.8 Å². The normalized spacial score (nSPS) is 9.86. The molecule has 1 aromatic rings. The number of non-ortho nitro benzene ring substituents is 1. The highest BCUT2D eigenvalue weighted by Gasteiger charge is 2.17. The van der Waals surface area contributed by atoms with Crippen molar-refractivity contribution in [3.63, 3.8) is 0 Å². The number of hydrogen-bond donors (Lipinski definition) is 1. The number of halogens is 1. The maximum atomic E-state index is 10.7. The predicted octanol–water partition coefficient (Wildman–Crippen LogP) is 2.25. The third kappa shape index (κ3) is 1.82. The van der Waals surface area contributed by atoms with Gasteiger partial charge in [0.15, 0.2) is 0 Å². The molecule has 0 heterocycles. The largest absolute Gasteiger partial charge is 0.478 e. The molecule has 1 N–H and O–H groups in total. The first kappa shape index (κ1) is 10.5. The first-order valence-electron chi connectivity index (χ1n) is 3.61. The van der Waals surface area contributed by atoms with E-state index in [2.05, 4.69) is 0 Å². The van der Waals surface area contributed by atoms with Gasteiger partial charge in [-0.1, -0.05) is 11.6 Å². The molecule has 0 amide bonds. The molecule has 0 fully saturated rings. The van der Waals surface area contributed by atoms with Gasteiger partial charge in [0.2, 0.25) is 0 Å². The highest BCUT2D eigenvalue weighted by Crippen LogP contribution is 2.26. The summed E-state index contributed by atoms with van der Waals surface area (Å²) in [6, 6.07) is 2.20. The fourth-order valence-corrected chi connectivity index (χ4v) is 1.44. The van der Waals surface area contributed by atoms with Crippen LogP contribution >= 0.6 is 11.6 Å². The lowest BCUT2D eigenvalue weighted by Gasteiger charge is -2.02. The smallest absolute Gasteiger partial charge is 0.337 e. The summed E-state index contributed by atoms with van der Waals surface area (Å²) < 4.78 is 0. The number of carboxylic acid groups (broad SMARTS) is 1. The van der Waals surface area contributed by atoms with Crippen molar-refractivity contribution in [2.45, 2.75) is 6.92 Å². The first-order chi connectivity index (χ1) is 6.43. The summed E-state index contributed by atoms with van der Waals surface area (Å²) in [5.74, 6) is -1.19. The van der Waals surface area contributed by atoms with Crippen molar-refractivity contribution in [3.8, 4) is 0 Å². The zero-order valence-corrected chi connectivity index (χ0v) is 7.91. The minimum Gasteiger partial charge on any atom is -0.478 e. The van der Waals surface area contributed by atoms with E-state index in [9.17, 15) is 14.9 Å². The van der Waals surface area contributed by atoms with Gasteiger partial charge in [-0.25, -0.2) is 4.79 Å². The van der Waals surface area contributed by atoms with Gasteiger partial charge in [0.05, 0.1) is 15.5 Å². The average Bonchev–Trinajstić information content (AvgIpc) is 2.01. The second kappa shape index (κ2) is 3.63. The summed E-state index contributed by atoms with van der Waals surface area (Å²) in [5.41, 5.74) is -0.0357. The molecule has 0 aliphatic heterocycles. The fraction of sp³-hybridized carbons (Fsp3) is 0.125. The number of nitro groups is 1. The summed E-state index contributed by atoms with van der Waals surface area (Å²) in [5, 5.41) is 19.0. The van der Waals surface area contributed by atoms with E-state index in [1.54, 1.807) is 0 Å². The highest BCUT2D eigenvalue weighted by atomic mass is 35.5. The Morgan fingerprint density at radius 3 is 2.50 bits per heavy atom. The van der Waals surface area contributed by atoms with E-state index < -0.39 is 10.9 Å². The number of hydrogen-bond acceptors (Lipinski definition) is 3. The summed E-state index contributed by atoms with van der Waals surface area (Å²) >= 11 is 5.59. The molecule has 0 unspecified atom stereocenters. The minimum atomic E-state index is -1.19. The van der Waals surface area contributed by atoms with E-state index in [4.69, 9.17) is 16.7 Å². The van der Waals surface area contributed by atoms with E-state index in [0.717, 1.165) is 6.07 Å². The lowest BCUT2D eigenvalue weighted by molar-refractivity contribution is -0.384. The van der Waals surface area contributed by atoms with Gasteiger partial charge in [-0.05, 0) is 12.5 Å². The van der Waals surface area contributed by atoms with Crippen LogP contribution in [0.2, 0.25) is 5.02 Å². The topological polar surface area (TPSA) is 80.4 Å². The molecule has 0 aromatic heterocycles. The molecular weight excluding hydrogens is 210 g/mol. The van der Waals surface area contributed by atoms with Gasteiger partial charge < -0.3 is 5.11 Å². The molecular formula is C8H6ClNO4. The van der Waals surface area contributed by atoms with Crippen LogP contribution in [-0.4, -0.2) is 16.0 Å². The zero-order valence-electron chi connectivity index (χ0n) is 7.15. The van der Waals surface area contributed by atoms with Gasteiger partial charge >= 0.3 is 5.97 Å². The molecule has 6 heteroatoms. The summed E-state index contributed by atoms with van der Waals surface area (Å²) in [4.78, 5) is 20.4. The molecule has 0 aliphatic carbocycles. The quantitative estimate of drug-likeness (QED) is 0.606. The zero-order chi connectivity index (χ0) is 10.9. The van der Waals surface area contributed by atoms with Crippen molar-refractivity contribution < 1.29 is 14.8 Å². The SMILES string of the molecule is Cc1cc([N+](=O)[O-])cc(Cl)c1C(=O)O. The van der Waals surface area contributed by atoms with Crippen LogP contribution in [0.3, 0.4) is 0 Å². The molecule has 1 aromatic carbocycles. The van der Waals surface area contributed by atoms with E-state index in [0.29, 0.717) is 0 Å². The maximum absolute atomic E-state index is 10.7. The molecule has 0 bridgehead atoms. The predicted molar refractivity (Wildman–Crippen MR) is 49.8 cm³/mol. The number of nitrogens with zero attached hydrogens (tertiary/aromatic N) is 1. The number of nitro benzene ring substituents is 1. The lowest BCUT2D eigenvalue weighted by Crippen LogP contribution is -2.02. The van der Waals surface area contributed by atoms with Crippen LogP contribution in [-0.2, 0) is 0 Å². The molecule has 1 rings (SSSR count). The second-order valence-corrected chi connectivity index (χ2v) is 3.09. The molecule has 0 saturated carbocycles. The Hall–Kier alpha value is -1.62. The van der Waals surface area contributed by atoms with Crippen molar-refractivity contribution in [2.24, 2.45) is 0 Å². The standard InChI is InChI=1S/C8H6ClNO4/c1-4-2-5(10(13)14)3-6(9)7(4)8(11)12/h2-3H,1H3,(H,11,12). The van der Waals surface area contributed by atoms with Gasteiger partial charge in [-0.3, -0.25) is 10.1 Å². The van der Waals surface area contributed by atoms with Crippen LogP contribution in [0.5, 0.6) is 0 Å². The third-order valence-corrected chi connectivity index (χ3v) is 1.99. The first-order valence-corrected chi connectivity index (χ1v) is 3.99. The Morgan fingerprint density at radius 2 is 2.14 bits per heavy atom. The van der Waals surface area contributed by atoms with Gasteiger partial charge in [-0.15, -0.1) is 0 Å².